The van der Waals surface area contributed by atoms with Crippen molar-refractivity contribution in [3.05, 3.63) is 28.5 Å². The smallest absolute Gasteiger partial charge is 0.165 e. The lowest BCUT2D eigenvalue weighted by atomic mass is 10.3. The van der Waals surface area contributed by atoms with Crippen molar-refractivity contribution in [3.8, 4) is 5.75 Å². The molecule has 0 amide bonds. The van der Waals surface area contributed by atoms with Crippen LogP contribution in [0.1, 0.15) is 6.92 Å². The molecule has 0 bridgehead atoms. The zero-order chi connectivity index (χ0) is 12.0. The fourth-order valence-corrected chi connectivity index (χ4v) is 1.42. The Bertz CT molecular complexity index is 333. The molecule has 1 aromatic carbocycles. The molecule has 16 heavy (non-hydrogen) atoms. The Balaban J connectivity index is 2.44. The third kappa shape index (κ3) is 4.47. The predicted octanol–water partition coefficient (Wildman–Crippen LogP) is 2.36. The molecular formula is C11H14BrFO3. The molecule has 1 N–H and O–H groups in total. The van der Waals surface area contributed by atoms with Gasteiger partial charge in [-0.2, -0.15) is 0 Å². The van der Waals surface area contributed by atoms with Gasteiger partial charge in [-0.1, -0.05) is 15.9 Å². The van der Waals surface area contributed by atoms with Gasteiger partial charge in [0.15, 0.2) is 11.6 Å². The van der Waals surface area contributed by atoms with E-state index in [1.54, 1.807) is 6.07 Å². The number of aliphatic hydroxyl groups is 1. The summed E-state index contributed by atoms with van der Waals surface area (Å²) in [5, 5.41) is 9.42. The van der Waals surface area contributed by atoms with Crippen molar-refractivity contribution in [1.82, 2.24) is 0 Å². The summed E-state index contributed by atoms with van der Waals surface area (Å²) in [4.78, 5) is 0. The van der Waals surface area contributed by atoms with Crippen LogP contribution in [-0.2, 0) is 4.74 Å². The fourth-order valence-electron chi connectivity index (χ4n) is 1.08. The summed E-state index contributed by atoms with van der Waals surface area (Å²) in [5.41, 5.74) is 0. The Kier molecular flexibility index (Phi) is 5.73. The maximum atomic E-state index is 13.2. The molecular weight excluding hydrogens is 279 g/mol. The van der Waals surface area contributed by atoms with Gasteiger partial charge < -0.3 is 14.6 Å². The molecule has 0 saturated heterocycles. The van der Waals surface area contributed by atoms with Gasteiger partial charge in [0.25, 0.3) is 0 Å². The van der Waals surface area contributed by atoms with Crippen LogP contribution in [0.15, 0.2) is 22.7 Å². The first-order valence-electron chi connectivity index (χ1n) is 4.97. The van der Waals surface area contributed by atoms with Crippen LogP contribution in [0.4, 0.5) is 4.39 Å². The summed E-state index contributed by atoms with van der Waals surface area (Å²) in [6.45, 7) is 2.56. The number of benzene rings is 1. The summed E-state index contributed by atoms with van der Waals surface area (Å²) in [7, 11) is 0. The molecule has 0 saturated carbocycles. The average molecular weight is 293 g/mol. The molecule has 0 heterocycles. The van der Waals surface area contributed by atoms with Gasteiger partial charge in [-0.05, 0) is 25.1 Å². The van der Waals surface area contributed by atoms with Crippen molar-refractivity contribution in [2.24, 2.45) is 0 Å². The third-order valence-corrected chi connectivity index (χ3v) is 2.33. The van der Waals surface area contributed by atoms with E-state index in [1.165, 1.54) is 12.1 Å². The highest BCUT2D eigenvalue weighted by Gasteiger charge is 2.08. The van der Waals surface area contributed by atoms with Crippen LogP contribution in [0.3, 0.4) is 0 Å². The molecule has 0 aromatic heterocycles. The van der Waals surface area contributed by atoms with Crippen molar-refractivity contribution in [2.75, 3.05) is 19.8 Å². The van der Waals surface area contributed by atoms with Crippen molar-refractivity contribution in [1.29, 1.82) is 0 Å². The fraction of sp³-hybridized carbons (Fsp3) is 0.455. The van der Waals surface area contributed by atoms with E-state index in [0.29, 0.717) is 6.61 Å². The standard InChI is InChI=1S/C11H14BrFO3/c1-2-15-6-9(14)7-16-11-5-8(12)3-4-10(11)13/h3-5,9,14H,2,6-7H2,1H3. The molecule has 0 aliphatic rings. The Hall–Kier alpha value is -0.650. The minimum Gasteiger partial charge on any atom is -0.488 e. The van der Waals surface area contributed by atoms with E-state index in [0.717, 1.165) is 4.47 Å². The third-order valence-electron chi connectivity index (χ3n) is 1.84. The molecule has 90 valence electrons. The van der Waals surface area contributed by atoms with Crippen LogP contribution < -0.4 is 4.74 Å². The molecule has 0 aliphatic heterocycles. The van der Waals surface area contributed by atoms with Crippen LogP contribution >= 0.6 is 15.9 Å². The van der Waals surface area contributed by atoms with Crippen molar-refractivity contribution in [3.63, 3.8) is 0 Å². The van der Waals surface area contributed by atoms with Gasteiger partial charge in [0.2, 0.25) is 0 Å². The number of hydrogen-bond acceptors (Lipinski definition) is 3. The van der Waals surface area contributed by atoms with Gasteiger partial charge in [0.1, 0.15) is 12.7 Å². The van der Waals surface area contributed by atoms with E-state index in [9.17, 15) is 9.50 Å². The van der Waals surface area contributed by atoms with Crippen molar-refractivity contribution in [2.45, 2.75) is 13.0 Å². The number of hydrogen-bond donors (Lipinski definition) is 1. The second-order valence-corrected chi connectivity index (χ2v) is 4.11. The molecule has 0 fully saturated rings. The lowest BCUT2D eigenvalue weighted by Crippen LogP contribution is -2.23. The van der Waals surface area contributed by atoms with Gasteiger partial charge >= 0.3 is 0 Å². The summed E-state index contributed by atoms with van der Waals surface area (Å²) >= 11 is 3.21. The summed E-state index contributed by atoms with van der Waals surface area (Å²) in [6.07, 6.45) is -0.752. The normalized spacial score (nSPS) is 12.5. The Morgan fingerprint density at radius 2 is 2.19 bits per heavy atom. The van der Waals surface area contributed by atoms with Gasteiger partial charge in [-0.25, -0.2) is 4.39 Å². The van der Waals surface area contributed by atoms with Crippen molar-refractivity contribution < 1.29 is 19.0 Å². The largest absolute Gasteiger partial charge is 0.488 e. The summed E-state index contributed by atoms with van der Waals surface area (Å²) in [6, 6.07) is 4.40. The van der Waals surface area contributed by atoms with Crippen LogP contribution in [0, 0.1) is 5.82 Å². The lowest BCUT2D eigenvalue weighted by Gasteiger charge is -2.12. The Labute approximate surface area is 102 Å². The van der Waals surface area contributed by atoms with Crippen LogP contribution in [-0.4, -0.2) is 31.0 Å². The first kappa shape index (κ1) is 13.4. The highest BCUT2D eigenvalue weighted by atomic mass is 79.9. The van der Waals surface area contributed by atoms with E-state index in [-0.39, 0.29) is 19.0 Å². The van der Waals surface area contributed by atoms with Gasteiger partial charge in [-0.15, -0.1) is 0 Å². The van der Waals surface area contributed by atoms with Gasteiger partial charge in [0.05, 0.1) is 6.61 Å². The molecule has 1 atom stereocenters. The molecule has 0 aliphatic carbocycles. The Morgan fingerprint density at radius 1 is 1.44 bits per heavy atom. The zero-order valence-electron chi connectivity index (χ0n) is 8.95. The zero-order valence-corrected chi connectivity index (χ0v) is 10.5. The maximum Gasteiger partial charge on any atom is 0.165 e. The van der Waals surface area contributed by atoms with Crippen molar-refractivity contribution >= 4 is 15.9 Å². The molecule has 1 aromatic rings. The molecule has 1 unspecified atom stereocenters. The molecule has 0 radical (unpaired) electrons. The number of aliphatic hydroxyl groups excluding tert-OH is 1. The maximum absolute atomic E-state index is 13.2. The van der Waals surface area contributed by atoms with Gasteiger partial charge in [-0.3, -0.25) is 0 Å². The van der Waals surface area contributed by atoms with E-state index in [2.05, 4.69) is 15.9 Å². The Morgan fingerprint density at radius 3 is 2.88 bits per heavy atom. The minimum absolute atomic E-state index is 0.00731. The molecule has 1 rings (SSSR count). The van der Waals surface area contributed by atoms with E-state index in [1.807, 2.05) is 6.92 Å². The monoisotopic (exact) mass is 292 g/mol. The van der Waals surface area contributed by atoms with E-state index < -0.39 is 11.9 Å². The average Bonchev–Trinajstić information content (AvgIpc) is 2.27. The number of rotatable bonds is 6. The highest BCUT2D eigenvalue weighted by molar-refractivity contribution is 9.10. The predicted molar refractivity (Wildman–Crippen MR) is 62.1 cm³/mol. The second kappa shape index (κ2) is 6.83. The summed E-state index contributed by atoms with van der Waals surface area (Å²) in [5.74, 6) is -0.336. The highest BCUT2D eigenvalue weighted by Crippen LogP contribution is 2.22. The number of ether oxygens (including phenoxy) is 2. The van der Waals surface area contributed by atoms with Crippen LogP contribution in [0.2, 0.25) is 0 Å². The van der Waals surface area contributed by atoms with E-state index >= 15 is 0 Å². The topological polar surface area (TPSA) is 38.7 Å². The SMILES string of the molecule is CCOCC(O)COc1cc(Br)ccc1F. The molecule has 3 nitrogen and oxygen atoms in total. The van der Waals surface area contributed by atoms with Gasteiger partial charge in [0, 0.05) is 11.1 Å². The lowest BCUT2D eigenvalue weighted by molar-refractivity contribution is 0.0157. The number of halogens is 2. The van der Waals surface area contributed by atoms with Crippen LogP contribution in [0.5, 0.6) is 5.75 Å². The van der Waals surface area contributed by atoms with Crippen LogP contribution in [0.25, 0.3) is 0 Å². The first-order chi connectivity index (χ1) is 7.63. The minimum atomic E-state index is -0.752. The first-order valence-corrected chi connectivity index (χ1v) is 5.76. The quantitative estimate of drug-likeness (QED) is 0.875. The molecule has 5 heteroatoms. The van der Waals surface area contributed by atoms with E-state index in [4.69, 9.17) is 9.47 Å². The second-order valence-electron chi connectivity index (χ2n) is 3.20. The summed E-state index contributed by atoms with van der Waals surface area (Å²) < 4.78 is 24.1. The molecule has 0 spiro atoms.